The second-order valence-electron chi connectivity index (χ2n) is 7.49. The molecule has 7 nitrogen and oxygen atoms in total. The summed E-state index contributed by atoms with van der Waals surface area (Å²) in [6.07, 6.45) is 2.11. The van der Waals surface area contributed by atoms with E-state index in [1.807, 2.05) is 20.8 Å². The third-order valence-corrected chi connectivity index (χ3v) is 6.71. The molecule has 1 fully saturated rings. The highest BCUT2D eigenvalue weighted by Crippen LogP contribution is 2.45. The molecule has 2 aromatic rings. The van der Waals surface area contributed by atoms with E-state index in [1.54, 1.807) is 29.2 Å². The van der Waals surface area contributed by atoms with E-state index in [1.165, 1.54) is 16.2 Å². The average Bonchev–Trinajstić information content (AvgIpc) is 3.21. The molecule has 1 atom stereocenters. The first kappa shape index (κ1) is 19.6. The number of fused-ring (bicyclic) bond motifs is 3. The number of hydrogen-bond acceptors (Lipinski definition) is 5. The summed E-state index contributed by atoms with van der Waals surface area (Å²) >= 11 is 1.39. The zero-order chi connectivity index (χ0) is 20.8. The molecule has 1 saturated heterocycles. The van der Waals surface area contributed by atoms with Crippen LogP contribution in [-0.2, 0) is 9.59 Å². The van der Waals surface area contributed by atoms with Crippen molar-refractivity contribution in [2.24, 2.45) is 0 Å². The van der Waals surface area contributed by atoms with Crippen LogP contribution < -0.4 is 10.2 Å². The lowest BCUT2D eigenvalue weighted by Crippen LogP contribution is -2.69. The molecule has 1 N–H and O–H groups in total. The van der Waals surface area contributed by atoms with Crippen molar-refractivity contribution in [2.75, 3.05) is 16.8 Å². The van der Waals surface area contributed by atoms with E-state index in [2.05, 4.69) is 10.3 Å². The van der Waals surface area contributed by atoms with Crippen molar-refractivity contribution < 1.29 is 14.4 Å². The first-order valence-corrected chi connectivity index (χ1v) is 10.7. The van der Waals surface area contributed by atoms with E-state index in [0.29, 0.717) is 22.9 Å². The number of carbonyl (C=O) groups is 3. The minimum atomic E-state index is -1.36. The van der Waals surface area contributed by atoms with Crippen molar-refractivity contribution in [3.63, 3.8) is 0 Å². The standard InChI is InChI=1S/C21H24N4O3S/c1-4-5-12-24-18(27)15-8-6-7-9-16(15)25-17(26)10-11-21(24,25)19(28)23-20-22-13(2)14(3)29-20/h6-9H,4-5,10-12H2,1-3H3,(H,22,23,28). The van der Waals surface area contributed by atoms with Crippen LogP contribution >= 0.6 is 11.3 Å². The number of carbonyl (C=O) groups excluding carboxylic acids is 3. The molecule has 3 heterocycles. The Morgan fingerprint density at radius 2 is 2.03 bits per heavy atom. The Bertz CT molecular complexity index is 982. The van der Waals surface area contributed by atoms with Gasteiger partial charge in [-0.1, -0.05) is 25.5 Å². The first-order valence-electron chi connectivity index (χ1n) is 9.89. The molecule has 2 aliphatic rings. The van der Waals surface area contributed by atoms with Gasteiger partial charge in [-0.15, -0.1) is 11.3 Å². The van der Waals surface area contributed by atoms with Gasteiger partial charge in [0.15, 0.2) is 5.13 Å². The fraction of sp³-hybridized carbons (Fsp3) is 0.429. The fourth-order valence-corrected chi connectivity index (χ4v) is 4.94. The van der Waals surface area contributed by atoms with Gasteiger partial charge in [-0.2, -0.15) is 0 Å². The zero-order valence-electron chi connectivity index (χ0n) is 16.8. The maximum atomic E-state index is 13.6. The third kappa shape index (κ3) is 2.93. The van der Waals surface area contributed by atoms with Gasteiger partial charge in [0.2, 0.25) is 11.6 Å². The molecule has 3 amide bonds. The predicted molar refractivity (Wildman–Crippen MR) is 112 cm³/mol. The summed E-state index contributed by atoms with van der Waals surface area (Å²) in [5, 5.41) is 3.38. The molecule has 0 spiro atoms. The Labute approximate surface area is 173 Å². The summed E-state index contributed by atoms with van der Waals surface area (Å²) in [7, 11) is 0. The van der Waals surface area contributed by atoms with Crippen LogP contribution in [0.4, 0.5) is 10.8 Å². The van der Waals surface area contributed by atoms with Crippen LogP contribution in [0.5, 0.6) is 0 Å². The Kier molecular flexibility index (Phi) is 4.90. The number of aryl methyl sites for hydroxylation is 2. The van der Waals surface area contributed by atoms with Gasteiger partial charge in [-0.25, -0.2) is 4.98 Å². The average molecular weight is 413 g/mol. The molecule has 1 unspecified atom stereocenters. The molecule has 1 aromatic carbocycles. The maximum absolute atomic E-state index is 13.6. The number of aromatic nitrogens is 1. The number of amides is 3. The molecule has 0 aliphatic carbocycles. The Morgan fingerprint density at radius 1 is 1.28 bits per heavy atom. The summed E-state index contributed by atoms with van der Waals surface area (Å²) in [6, 6.07) is 7.03. The summed E-state index contributed by atoms with van der Waals surface area (Å²) < 4.78 is 0. The van der Waals surface area contributed by atoms with Gasteiger partial charge in [-0.05, 0) is 32.4 Å². The number of benzene rings is 1. The molecule has 0 bridgehead atoms. The summed E-state index contributed by atoms with van der Waals surface area (Å²) in [6.45, 7) is 6.28. The molecule has 1 aromatic heterocycles. The van der Waals surface area contributed by atoms with Gasteiger partial charge < -0.3 is 4.90 Å². The van der Waals surface area contributed by atoms with Crippen molar-refractivity contribution >= 4 is 39.9 Å². The molecule has 8 heteroatoms. The van der Waals surface area contributed by atoms with Crippen LogP contribution in [0.2, 0.25) is 0 Å². The quantitative estimate of drug-likeness (QED) is 0.815. The minimum absolute atomic E-state index is 0.145. The monoisotopic (exact) mass is 412 g/mol. The fourth-order valence-electron chi connectivity index (χ4n) is 4.13. The van der Waals surface area contributed by atoms with Crippen LogP contribution in [0.1, 0.15) is 53.5 Å². The highest BCUT2D eigenvalue weighted by molar-refractivity contribution is 7.15. The second kappa shape index (κ2) is 7.26. The van der Waals surface area contributed by atoms with Crippen molar-refractivity contribution in [3.8, 4) is 0 Å². The van der Waals surface area contributed by atoms with Gasteiger partial charge in [0.25, 0.3) is 11.8 Å². The van der Waals surface area contributed by atoms with Gasteiger partial charge >= 0.3 is 0 Å². The van der Waals surface area contributed by atoms with Crippen molar-refractivity contribution in [1.29, 1.82) is 0 Å². The van der Waals surface area contributed by atoms with E-state index in [4.69, 9.17) is 0 Å². The Morgan fingerprint density at radius 3 is 2.72 bits per heavy atom. The minimum Gasteiger partial charge on any atom is -0.307 e. The van der Waals surface area contributed by atoms with E-state index < -0.39 is 5.66 Å². The van der Waals surface area contributed by atoms with E-state index in [-0.39, 0.29) is 30.6 Å². The molecule has 29 heavy (non-hydrogen) atoms. The highest BCUT2D eigenvalue weighted by atomic mass is 32.1. The van der Waals surface area contributed by atoms with Crippen molar-refractivity contribution in [3.05, 3.63) is 40.4 Å². The number of nitrogens with zero attached hydrogens (tertiary/aromatic N) is 3. The zero-order valence-corrected chi connectivity index (χ0v) is 17.6. The second-order valence-corrected chi connectivity index (χ2v) is 8.69. The van der Waals surface area contributed by atoms with Crippen molar-refractivity contribution in [2.45, 2.75) is 52.1 Å². The number of nitrogens with one attached hydrogen (secondary N) is 1. The predicted octanol–water partition coefficient (Wildman–Crippen LogP) is 3.48. The molecule has 4 rings (SSSR count). The molecule has 2 aliphatic heterocycles. The number of anilines is 2. The van der Waals surface area contributed by atoms with E-state index >= 15 is 0 Å². The van der Waals surface area contributed by atoms with Crippen LogP contribution in [0, 0.1) is 13.8 Å². The van der Waals surface area contributed by atoms with Crippen LogP contribution in [0.3, 0.4) is 0 Å². The topological polar surface area (TPSA) is 82.6 Å². The number of para-hydroxylation sites is 1. The lowest BCUT2D eigenvalue weighted by Gasteiger charge is -2.49. The van der Waals surface area contributed by atoms with Gasteiger partial charge in [0.1, 0.15) is 0 Å². The van der Waals surface area contributed by atoms with Crippen molar-refractivity contribution in [1.82, 2.24) is 9.88 Å². The maximum Gasteiger partial charge on any atom is 0.273 e. The Balaban J connectivity index is 1.82. The van der Waals surface area contributed by atoms with Crippen LogP contribution in [-0.4, -0.2) is 39.8 Å². The molecule has 152 valence electrons. The lowest BCUT2D eigenvalue weighted by atomic mass is 9.95. The highest BCUT2D eigenvalue weighted by Gasteiger charge is 2.60. The number of hydrogen-bond donors (Lipinski definition) is 1. The normalized spacial score (nSPS) is 20.7. The van der Waals surface area contributed by atoms with Crippen LogP contribution in [0.15, 0.2) is 24.3 Å². The molecule has 0 saturated carbocycles. The summed E-state index contributed by atoms with van der Waals surface area (Å²) in [4.78, 5) is 48.5. The first-order chi connectivity index (χ1) is 13.9. The largest absolute Gasteiger partial charge is 0.307 e. The molecular weight excluding hydrogens is 388 g/mol. The van der Waals surface area contributed by atoms with Crippen LogP contribution in [0.25, 0.3) is 0 Å². The molecule has 0 radical (unpaired) electrons. The SMILES string of the molecule is CCCCN1C(=O)c2ccccc2N2C(=O)CCC12C(=O)Nc1nc(C)c(C)s1. The number of unbranched alkanes of at least 4 members (excludes halogenated alkanes) is 1. The van der Waals surface area contributed by atoms with Gasteiger partial charge in [0, 0.05) is 24.3 Å². The number of rotatable bonds is 5. The lowest BCUT2D eigenvalue weighted by molar-refractivity contribution is -0.129. The van der Waals surface area contributed by atoms with Gasteiger partial charge in [0.05, 0.1) is 16.9 Å². The van der Waals surface area contributed by atoms with Gasteiger partial charge in [-0.3, -0.25) is 24.6 Å². The molecular formula is C21H24N4O3S. The number of thiazole rings is 1. The Hall–Kier alpha value is -2.74. The smallest absolute Gasteiger partial charge is 0.273 e. The third-order valence-electron chi connectivity index (χ3n) is 5.72. The summed E-state index contributed by atoms with van der Waals surface area (Å²) in [5.74, 6) is -0.731. The van der Waals surface area contributed by atoms with E-state index in [9.17, 15) is 14.4 Å². The van der Waals surface area contributed by atoms with E-state index in [0.717, 1.165) is 23.4 Å². The summed E-state index contributed by atoms with van der Waals surface area (Å²) in [5.41, 5.74) is 0.471.